The lowest BCUT2D eigenvalue weighted by atomic mass is 9.77. The third kappa shape index (κ3) is 3.86. The smallest absolute Gasteiger partial charge is 0.268 e. The lowest BCUT2D eigenvalue weighted by Gasteiger charge is -2.39. The molecular weight excluding hydrogens is 268 g/mol. The Morgan fingerprint density at radius 3 is 3.10 bits per heavy atom. The van der Waals surface area contributed by atoms with Gasteiger partial charge in [0.05, 0.1) is 18.8 Å². The summed E-state index contributed by atoms with van der Waals surface area (Å²) in [4.78, 5) is 12.5. The first-order chi connectivity index (χ1) is 10.1. The van der Waals surface area contributed by atoms with Gasteiger partial charge < -0.3 is 19.7 Å². The highest BCUT2D eigenvalue weighted by molar-refractivity contribution is 5.93. The Bertz CT molecular complexity index is 472. The van der Waals surface area contributed by atoms with Gasteiger partial charge in [-0.05, 0) is 30.9 Å². The molecule has 0 aliphatic heterocycles. The molecule has 1 heterocycles. The van der Waals surface area contributed by atoms with E-state index in [9.17, 15) is 9.90 Å². The topological polar surface area (TPSA) is 63.5 Å². The summed E-state index contributed by atoms with van der Waals surface area (Å²) in [5.74, 6) is 0.422. The van der Waals surface area contributed by atoms with Crippen molar-refractivity contribution in [1.82, 2.24) is 9.88 Å². The second-order valence-electron chi connectivity index (χ2n) is 6.17. The SMILES string of the molecule is COCCn1cccc1C(=O)NC1(CO)CCCC(C)C1. The van der Waals surface area contributed by atoms with Gasteiger partial charge >= 0.3 is 0 Å². The van der Waals surface area contributed by atoms with Crippen LogP contribution in [-0.2, 0) is 11.3 Å². The third-order valence-electron chi connectivity index (χ3n) is 4.37. The fourth-order valence-electron chi connectivity index (χ4n) is 3.27. The van der Waals surface area contributed by atoms with Crippen molar-refractivity contribution in [2.75, 3.05) is 20.3 Å². The van der Waals surface area contributed by atoms with Crippen molar-refractivity contribution in [2.45, 2.75) is 44.7 Å². The summed E-state index contributed by atoms with van der Waals surface area (Å²) in [6, 6.07) is 3.67. The standard InChI is InChI=1S/C16H26N2O3/c1-13-5-3-7-16(11-13,12-19)17-15(20)14-6-4-8-18(14)9-10-21-2/h4,6,8,13,19H,3,5,7,9-12H2,1-2H3,(H,17,20). The largest absolute Gasteiger partial charge is 0.394 e. The zero-order valence-corrected chi connectivity index (χ0v) is 13.0. The number of ether oxygens (including phenoxy) is 1. The van der Waals surface area contributed by atoms with E-state index in [4.69, 9.17) is 4.74 Å². The van der Waals surface area contributed by atoms with Crippen molar-refractivity contribution in [3.05, 3.63) is 24.0 Å². The predicted molar refractivity (Wildman–Crippen MR) is 81.2 cm³/mol. The minimum atomic E-state index is -0.467. The summed E-state index contributed by atoms with van der Waals surface area (Å²) in [7, 11) is 1.65. The number of carbonyl (C=O) groups is 1. The van der Waals surface area contributed by atoms with E-state index in [2.05, 4.69) is 12.2 Å². The van der Waals surface area contributed by atoms with Crippen LogP contribution in [0.25, 0.3) is 0 Å². The second kappa shape index (κ2) is 7.09. The summed E-state index contributed by atoms with van der Waals surface area (Å²) in [5, 5.41) is 12.9. The number of amides is 1. The van der Waals surface area contributed by atoms with Crippen LogP contribution in [0, 0.1) is 5.92 Å². The molecule has 0 radical (unpaired) electrons. The van der Waals surface area contributed by atoms with Crippen molar-refractivity contribution >= 4 is 5.91 Å². The van der Waals surface area contributed by atoms with E-state index in [1.165, 1.54) is 6.42 Å². The predicted octanol–water partition coefficient (Wildman–Crippen LogP) is 1.81. The van der Waals surface area contributed by atoms with Gasteiger partial charge in [0, 0.05) is 19.9 Å². The van der Waals surface area contributed by atoms with Crippen LogP contribution in [0.3, 0.4) is 0 Å². The van der Waals surface area contributed by atoms with E-state index in [0.29, 0.717) is 24.8 Å². The quantitative estimate of drug-likeness (QED) is 0.841. The van der Waals surface area contributed by atoms with Crippen LogP contribution >= 0.6 is 0 Å². The first-order valence-electron chi connectivity index (χ1n) is 7.68. The lowest BCUT2D eigenvalue weighted by molar-refractivity contribution is 0.0687. The maximum atomic E-state index is 12.5. The van der Waals surface area contributed by atoms with Gasteiger partial charge in [-0.1, -0.05) is 19.8 Å². The highest BCUT2D eigenvalue weighted by Crippen LogP contribution is 2.32. The maximum absolute atomic E-state index is 12.5. The molecule has 2 N–H and O–H groups in total. The molecule has 0 saturated heterocycles. The number of methoxy groups -OCH3 is 1. The number of nitrogens with zero attached hydrogens (tertiary/aromatic N) is 1. The molecular formula is C16H26N2O3. The molecule has 1 amide bonds. The first-order valence-corrected chi connectivity index (χ1v) is 7.68. The molecule has 1 fully saturated rings. The van der Waals surface area contributed by atoms with E-state index >= 15 is 0 Å². The maximum Gasteiger partial charge on any atom is 0.268 e. The van der Waals surface area contributed by atoms with Crippen LogP contribution < -0.4 is 5.32 Å². The number of hydrogen-bond acceptors (Lipinski definition) is 3. The summed E-state index contributed by atoms with van der Waals surface area (Å²) in [6.45, 7) is 3.39. The van der Waals surface area contributed by atoms with Gasteiger partial charge in [0.25, 0.3) is 5.91 Å². The van der Waals surface area contributed by atoms with Crippen molar-refractivity contribution in [2.24, 2.45) is 5.92 Å². The second-order valence-corrected chi connectivity index (χ2v) is 6.17. The average Bonchev–Trinajstić information content (AvgIpc) is 2.93. The number of rotatable bonds is 6. The van der Waals surface area contributed by atoms with Gasteiger partial charge in [-0.3, -0.25) is 4.79 Å². The molecule has 2 atom stereocenters. The Kier molecular flexibility index (Phi) is 5.42. The molecule has 21 heavy (non-hydrogen) atoms. The fraction of sp³-hybridized carbons (Fsp3) is 0.688. The number of aliphatic hydroxyl groups excluding tert-OH is 1. The zero-order chi connectivity index (χ0) is 15.3. The molecule has 0 spiro atoms. The first kappa shape index (κ1) is 16.0. The van der Waals surface area contributed by atoms with E-state index < -0.39 is 5.54 Å². The average molecular weight is 294 g/mol. The van der Waals surface area contributed by atoms with Gasteiger partial charge in [-0.2, -0.15) is 0 Å². The molecule has 1 aromatic heterocycles. The number of carbonyl (C=O) groups excluding carboxylic acids is 1. The molecule has 1 aliphatic carbocycles. The van der Waals surface area contributed by atoms with Crippen molar-refractivity contribution in [1.29, 1.82) is 0 Å². The van der Waals surface area contributed by atoms with Gasteiger partial charge in [-0.25, -0.2) is 0 Å². The van der Waals surface area contributed by atoms with Gasteiger partial charge in [0.1, 0.15) is 5.69 Å². The molecule has 118 valence electrons. The van der Waals surface area contributed by atoms with E-state index in [-0.39, 0.29) is 12.5 Å². The Balaban J connectivity index is 2.07. The molecule has 1 aliphatic rings. The number of aromatic nitrogens is 1. The van der Waals surface area contributed by atoms with Crippen molar-refractivity contribution in [3.8, 4) is 0 Å². The molecule has 2 rings (SSSR count). The Hall–Kier alpha value is -1.33. The highest BCUT2D eigenvalue weighted by atomic mass is 16.5. The van der Waals surface area contributed by atoms with E-state index in [1.54, 1.807) is 7.11 Å². The number of nitrogens with one attached hydrogen (secondary N) is 1. The zero-order valence-electron chi connectivity index (χ0n) is 13.0. The normalized spacial score (nSPS) is 25.8. The van der Waals surface area contributed by atoms with Crippen LogP contribution in [0.2, 0.25) is 0 Å². The molecule has 0 aromatic carbocycles. The highest BCUT2D eigenvalue weighted by Gasteiger charge is 2.36. The number of hydrogen-bond donors (Lipinski definition) is 2. The Morgan fingerprint density at radius 2 is 2.43 bits per heavy atom. The fourth-order valence-corrected chi connectivity index (χ4v) is 3.27. The summed E-state index contributed by atoms with van der Waals surface area (Å²) in [6.07, 6.45) is 5.78. The van der Waals surface area contributed by atoms with Crippen LogP contribution in [-0.4, -0.2) is 41.4 Å². The van der Waals surface area contributed by atoms with Gasteiger partial charge in [0.2, 0.25) is 0 Å². The number of aliphatic hydroxyl groups is 1. The summed E-state index contributed by atoms with van der Waals surface area (Å²) < 4.78 is 6.95. The van der Waals surface area contributed by atoms with Crippen LogP contribution in [0.15, 0.2) is 18.3 Å². The molecule has 0 bridgehead atoms. The minimum absolute atomic E-state index is 0.00184. The van der Waals surface area contributed by atoms with E-state index in [0.717, 1.165) is 19.3 Å². The van der Waals surface area contributed by atoms with Crippen LogP contribution in [0.4, 0.5) is 0 Å². The van der Waals surface area contributed by atoms with E-state index in [1.807, 2.05) is 22.9 Å². The van der Waals surface area contributed by atoms with Crippen molar-refractivity contribution in [3.63, 3.8) is 0 Å². The Labute approximate surface area is 126 Å². The van der Waals surface area contributed by atoms with Crippen LogP contribution in [0.5, 0.6) is 0 Å². The molecule has 1 aromatic rings. The monoisotopic (exact) mass is 294 g/mol. The lowest BCUT2D eigenvalue weighted by Crippen LogP contribution is -2.54. The molecule has 2 unspecified atom stereocenters. The molecule has 5 heteroatoms. The molecule has 5 nitrogen and oxygen atoms in total. The minimum Gasteiger partial charge on any atom is -0.394 e. The molecule has 1 saturated carbocycles. The van der Waals surface area contributed by atoms with Crippen LogP contribution in [0.1, 0.15) is 43.1 Å². The third-order valence-corrected chi connectivity index (χ3v) is 4.37. The van der Waals surface area contributed by atoms with Gasteiger partial charge in [0.15, 0.2) is 0 Å². The Morgan fingerprint density at radius 1 is 1.62 bits per heavy atom. The van der Waals surface area contributed by atoms with Crippen molar-refractivity contribution < 1.29 is 14.6 Å². The summed E-state index contributed by atoms with van der Waals surface area (Å²) in [5.41, 5.74) is 0.156. The van der Waals surface area contributed by atoms with Gasteiger partial charge in [-0.15, -0.1) is 0 Å². The summed E-state index contributed by atoms with van der Waals surface area (Å²) >= 11 is 0.